The molecule has 1 aromatic carbocycles. The predicted molar refractivity (Wildman–Crippen MR) is 61.3 cm³/mol. The lowest BCUT2D eigenvalue weighted by atomic mass is 10.1. The number of hydrogen-bond donors (Lipinski definition) is 2. The normalized spacial score (nSPS) is 20.9. The Kier molecular flexibility index (Phi) is 5.27. The molecule has 0 bridgehead atoms. The van der Waals surface area contributed by atoms with Crippen molar-refractivity contribution < 1.29 is 0 Å². The van der Waals surface area contributed by atoms with Gasteiger partial charge in [0, 0.05) is 12.6 Å². The van der Waals surface area contributed by atoms with Gasteiger partial charge >= 0.3 is 0 Å². The monoisotopic (exact) mass is 192 g/mol. The molecule has 2 heteroatoms. The fraction of sp³-hybridized carbons (Fsp3) is 0.500. The largest absolute Gasteiger partial charge is 0.327 e. The first-order valence-corrected chi connectivity index (χ1v) is 5.27. The van der Waals surface area contributed by atoms with Gasteiger partial charge in [0.05, 0.1) is 0 Å². The van der Waals surface area contributed by atoms with Crippen molar-refractivity contribution in [1.82, 2.24) is 5.32 Å². The second kappa shape index (κ2) is 6.57. The summed E-state index contributed by atoms with van der Waals surface area (Å²) in [7, 11) is 0. The summed E-state index contributed by atoms with van der Waals surface area (Å²) in [6.45, 7) is 4.26. The van der Waals surface area contributed by atoms with Crippen LogP contribution in [0.3, 0.4) is 0 Å². The van der Waals surface area contributed by atoms with Crippen molar-refractivity contribution in [1.29, 1.82) is 0 Å². The quantitative estimate of drug-likeness (QED) is 0.656. The Hall–Kier alpha value is -0.860. The minimum Gasteiger partial charge on any atom is -0.327 e. The highest BCUT2D eigenvalue weighted by atomic mass is 14.9. The molecule has 1 aliphatic heterocycles. The van der Waals surface area contributed by atoms with Gasteiger partial charge in [0.2, 0.25) is 0 Å². The van der Waals surface area contributed by atoms with Crippen LogP contribution in [-0.2, 0) is 0 Å². The summed E-state index contributed by atoms with van der Waals surface area (Å²) in [6, 6.07) is 10.7. The first-order chi connectivity index (χ1) is 6.79. The van der Waals surface area contributed by atoms with Gasteiger partial charge < -0.3 is 11.1 Å². The molecule has 0 saturated carbocycles. The second-order valence-corrected chi connectivity index (χ2v) is 3.76. The number of nitrogens with one attached hydrogen (secondary N) is 1. The van der Waals surface area contributed by atoms with Gasteiger partial charge in [-0.25, -0.2) is 0 Å². The molecule has 0 spiro atoms. The van der Waals surface area contributed by atoms with E-state index in [9.17, 15) is 0 Å². The van der Waals surface area contributed by atoms with Crippen molar-refractivity contribution >= 4 is 0 Å². The minimum absolute atomic E-state index is 0.425. The molecule has 1 aromatic rings. The Morgan fingerprint density at radius 2 is 2.00 bits per heavy atom. The molecule has 0 amide bonds. The average molecular weight is 192 g/mol. The third kappa shape index (κ3) is 5.00. The van der Waals surface area contributed by atoms with E-state index in [4.69, 9.17) is 5.73 Å². The first-order valence-electron chi connectivity index (χ1n) is 5.27. The lowest BCUT2D eigenvalue weighted by Gasteiger charge is -2.17. The van der Waals surface area contributed by atoms with Gasteiger partial charge in [0.15, 0.2) is 0 Å². The molecule has 0 radical (unpaired) electrons. The maximum atomic E-state index is 5.57. The molecule has 0 aliphatic carbocycles. The van der Waals surface area contributed by atoms with Crippen LogP contribution in [0.15, 0.2) is 30.3 Å². The molecular weight excluding hydrogens is 172 g/mol. The summed E-state index contributed by atoms with van der Waals surface area (Å²) in [5, 5.41) is 3.21. The molecule has 1 saturated heterocycles. The van der Waals surface area contributed by atoms with Gasteiger partial charge in [0.1, 0.15) is 0 Å². The summed E-state index contributed by atoms with van der Waals surface area (Å²) >= 11 is 0. The molecule has 1 unspecified atom stereocenters. The zero-order valence-electron chi connectivity index (χ0n) is 8.87. The van der Waals surface area contributed by atoms with Crippen molar-refractivity contribution in [2.24, 2.45) is 5.73 Å². The van der Waals surface area contributed by atoms with Crippen molar-refractivity contribution in [2.45, 2.75) is 25.8 Å². The highest BCUT2D eigenvalue weighted by Crippen LogP contribution is 1.96. The maximum Gasteiger partial charge on any atom is 0.0165 e. The van der Waals surface area contributed by atoms with E-state index in [0.29, 0.717) is 6.04 Å². The Morgan fingerprint density at radius 3 is 2.29 bits per heavy atom. The standard InChI is InChI=1S/C7H8.C5H12N2/c1-7-5-3-2-4-6-7;6-5-2-1-3-7-4-5/h2-6H,1H3;5,7H,1-4,6H2. The van der Waals surface area contributed by atoms with E-state index in [0.717, 1.165) is 13.1 Å². The summed E-state index contributed by atoms with van der Waals surface area (Å²) in [4.78, 5) is 0. The summed E-state index contributed by atoms with van der Waals surface area (Å²) in [6.07, 6.45) is 2.45. The van der Waals surface area contributed by atoms with E-state index in [1.54, 1.807) is 0 Å². The van der Waals surface area contributed by atoms with Gasteiger partial charge in [-0.1, -0.05) is 35.9 Å². The molecule has 1 heterocycles. The highest BCUT2D eigenvalue weighted by Gasteiger charge is 2.05. The van der Waals surface area contributed by atoms with Crippen LogP contribution in [0.1, 0.15) is 18.4 Å². The van der Waals surface area contributed by atoms with Crippen LogP contribution in [0.2, 0.25) is 0 Å². The average Bonchev–Trinajstić information content (AvgIpc) is 2.21. The molecular formula is C12H20N2. The maximum absolute atomic E-state index is 5.57. The number of benzene rings is 1. The summed E-state index contributed by atoms with van der Waals surface area (Å²) < 4.78 is 0. The van der Waals surface area contributed by atoms with Crippen LogP contribution in [0.25, 0.3) is 0 Å². The molecule has 3 N–H and O–H groups in total. The van der Waals surface area contributed by atoms with Gasteiger partial charge in [-0.2, -0.15) is 0 Å². The highest BCUT2D eigenvalue weighted by molar-refractivity contribution is 5.11. The zero-order valence-corrected chi connectivity index (χ0v) is 8.87. The number of rotatable bonds is 0. The molecule has 14 heavy (non-hydrogen) atoms. The van der Waals surface area contributed by atoms with E-state index < -0.39 is 0 Å². The molecule has 1 aliphatic rings. The van der Waals surface area contributed by atoms with E-state index in [1.165, 1.54) is 18.4 Å². The van der Waals surface area contributed by atoms with E-state index >= 15 is 0 Å². The Morgan fingerprint density at radius 1 is 1.29 bits per heavy atom. The predicted octanol–water partition coefficient (Wildman–Crippen LogP) is 1.69. The molecule has 2 rings (SSSR count). The molecule has 1 atom stereocenters. The van der Waals surface area contributed by atoms with Crippen LogP contribution in [0, 0.1) is 6.92 Å². The van der Waals surface area contributed by atoms with Crippen LogP contribution in [0.4, 0.5) is 0 Å². The lowest BCUT2D eigenvalue weighted by molar-refractivity contribution is 0.459. The van der Waals surface area contributed by atoms with Crippen LogP contribution in [-0.4, -0.2) is 19.1 Å². The van der Waals surface area contributed by atoms with Crippen LogP contribution >= 0.6 is 0 Å². The van der Waals surface area contributed by atoms with Gasteiger partial charge in [0.25, 0.3) is 0 Å². The Bertz CT molecular complexity index is 227. The van der Waals surface area contributed by atoms with Gasteiger partial charge in [-0.05, 0) is 26.3 Å². The van der Waals surface area contributed by atoms with Crippen molar-refractivity contribution in [2.75, 3.05) is 13.1 Å². The van der Waals surface area contributed by atoms with Crippen LogP contribution in [0.5, 0.6) is 0 Å². The SMILES string of the molecule is Cc1ccccc1.NC1CCCNC1. The van der Waals surface area contributed by atoms with Gasteiger partial charge in [-0.15, -0.1) is 0 Å². The Labute approximate surface area is 86.5 Å². The molecule has 0 aromatic heterocycles. The number of aryl methyl sites for hydroxylation is 1. The fourth-order valence-corrected chi connectivity index (χ4v) is 1.41. The summed E-state index contributed by atoms with van der Waals surface area (Å²) in [5.41, 5.74) is 6.89. The molecule has 1 fully saturated rings. The lowest BCUT2D eigenvalue weighted by Crippen LogP contribution is -2.39. The summed E-state index contributed by atoms with van der Waals surface area (Å²) in [5.74, 6) is 0. The second-order valence-electron chi connectivity index (χ2n) is 3.76. The first kappa shape index (κ1) is 11.2. The smallest absolute Gasteiger partial charge is 0.0165 e. The van der Waals surface area contributed by atoms with E-state index in [1.807, 2.05) is 18.2 Å². The molecule has 2 nitrogen and oxygen atoms in total. The third-order valence-corrected chi connectivity index (χ3v) is 2.28. The third-order valence-electron chi connectivity index (χ3n) is 2.28. The minimum atomic E-state index is 0.425. The molecule has 78 valence electrons. The van der Waals surface area contributed by atoms with Crippen molar-refractivity contribution in [3.05, 3.63) is 35.9 Å². The Balaban J connectivity index is 0.000000140. The number of nitrogens with two attached hydrogens (primary N) is 1. The van der Waals surface area contributed by atoms with Crippen molar-refractivity contribution in [3.63, 3.8) is 0 Å². The van der Waals surface area contributed by atoms with Crippen LogP contribution < -0.4 is 11.1 Å². The van der Waals surface area contributed by atoms with E-state index in [2.05, 4.69) is 24.4 Å². The van der Waals surface area contributed by atoms with E-state index in [-0.39, 0.29) is 0 Å². The van der Waals surface area contributed by atoms with Gasteiger partial charge in [-0.3, -0.25) is 0 Å². The topological polar surface area (TPSA) is 38.0 Å². The fourth-order valence-electron chi connectivity index (χ4n) is 1.41. The number of piperidine rings is 1. The number of hydrogen-bond acceptors (Lipinski definition) is 2. The zero-order chi connectivity index (χ0) is 10.2. The van der Waals surface area contributed by atoms with Crippen molar-refractivity contribution in [3.8, 4) is 0 Å².